The van der Waals surface area contributed by atoms with E-state index in [0.717, 1.165) is 25.0 Å². The van der Waals surface area contributed by atoms with Crippen LogP contribution >= 0.6 is 0 Å². The van der Waals surface area contributed by atoms with Crippen molar-refractivity contribution in [1.29, 1.82) is 0 Å². The zero-order valence-electron chi connectivity index (χ0n) is 16.2. The summed E-state index contributed by atoms with van der Waals surface area (Å²) >= 11 is 0. The summed E-state index contributed by atoms with van der Waals surface area (Å²) in [6, 6.07) is 3.77. The molecule has 137 valence electrons. The molecule has 23 heavy (non-hydrogen) atoms. The topological polar surface area (TPSA) is 18.5 Å². The van der Waals surface area contributed by atoms with Gasteiger partial charge in [0, 0.05) is 19.3 Å². The summed E-state index contributed by atoms with van der Waals surface area (Å²) < 4.78 is 12.8. The smallest absolute Gasteiger partial charge is 0.342 e. The third-order valence-electron chi connectivity index (χ3n) is 5.28. The maximum atomic E-state index is 6.39. The molecule has 0 spiro atoms. The first-order chi connectivity index (χ1) is 11.2. The van der Waals surface area contributed by atoms with Crippen molar-refractivity contribution in [2.24, 2.45) is 11.8 Å². The van der Waals surface area contributed by atoms with Crippen molar-refractivity contribution in [3.05, 3.63) is 6.04 Å². The van der Waals surface area contributed by atoms with E-state index >= 15 is 0 Å². The van der Waals surface area contributed by atoms with Crippen molar-refractivity contribution >= 4 is 8.56 Å². The summed E-state index contributed by atoms with van der Waals surface area (Å²) in [6.07, 6.45) is 13.5. The van der Waals surface area contributed by atoms with Gasteiger partial charge in [0.05, 0.1) is 0 Å². The Morgan fingerprint density at radius 2 is 1.57 bits per heavy atom. The van der Waals surface area contributed by atoms with Crippen molar-refractivity contribution < 1.29 is 8.85 Å². The van der Waals surface area contributed by atoms with Crippen molar-refractivity contribution in [3.8, 4) is 0 Å². The molecular weight excluding hydrogens is 300 g/mol. The summed E-state index contributed by atoms with van der Waals surface area (Å²) in [4.78, 5) is 0. The Labute approximate surface area is 147 Å². The van der Waals surface area contributed by atoms with Gasteiger partial charge in [0.25, 0.3) is 0 Å². The Morgan fingerprint density at radius 1 is 0.957 bits per heavy atom. The average Bonchev–Trinajstić information content (AvgIpc) is 2.80. The van der Waals surface area contributed by atoms with Crippen LogP contribution < -0.4 is 0 Å². The lowest BCUT2D eigenvalue weighted by Gasteiger charge is -2.35. The Hall–Kier alpha value is 0.137. The second-order valence-electron chi connectivity index (χ2n) is 7.22. The molecule has 0 aromatic heterocycles. The lowest BCUT2D eigenvalue weighted by molar-refractivity contribution is 0.178. The summed E-state index contributed by atoms with van der Waals surface area (Å²) in [5, 5.41) is 0. The van der Waals surface area contributed by atoms with Crippen molar-refractivity contribution in [2.75, 3.05) is 13.2 Å². The molecule has 1 aliphatic rings. The highest BCUT2D eigenvalue weighted by molar-refractivity contribution is 6.71. The highest BCUT2D eigenvalue weighted by atomic mass is 28.4. The predicted molar refractivity (Wildman–Crippen MR) is 103 cm³/mol. The maximum absolute atomic E-state index is 6.39. The summed E-state index contributed by atoms with van der Waals surface area (Å²) in [5.41, 5.74) is 0. The Kier molecular flexibility index (Phi) is 11.5. The van der Waals surface area contributed by atoms with Crippen LogP contribution in [0.2, 0.25) is 6.04 Å². The largest absolute Gasteiger partial charge is 0.394 e. The highest BCUT2D eigenvalue weighted by Crippen LogP contribution is 2.34. The first-order valence-corrected chi connectivity index (χ1v) is 12.4. The van der Waals surface area contributed by atoms with E-state index in [9.17, 15) is 0 Å². The van der Waals surface area contributed by atoms with Gasteiger partial charge in [-0.05, 0) is 31.7 Å². The van der Waals surface area contributed by atoms with Crippen LogP contribution in [0.25, 0.3) is 0 Å². The Bertz CT molecular complexity index is 269. The van der Waals surface area contributed by atoms with Gasteiger partial charge in [0.2, 0.25) is 0 Å². The second kappa shape index (κ2) is 12.5. The molecule has 1 fully saturated rings. The summed E-state index contributed by atoms with van der Waals surface area (Å²) in [7, 11) is -2.16. The summed E-state index contributed by atoms with van der Waals surface area (Å²) in [6.45, 7) is 10.5. The van der Waals surface area contributed by atoms with E-state index in [-0.39, 0.29) is 0 Å². The molecule has 1 unspecified atom stereocenters. The molecule has 1 atom stereocenters. The fourth-order valence-electron chi connectivity index (χ4n) is 3.99. The van der Waals surface area contributed by atoms with Gasteiger partial charge in [-0.1, -0.05) is 78.1 Å². The van der Waals surface area contributed by atoms with Gasteiger partial charge in [-0.3, -0.25) is 0 Å². The van der Waals surface area contributed by atoms with Gasteiger partial charge in [-0.15, -0.1) is 0 Å². The minimum atomic E-state index is -2.16. The molecule has 1 rings (SSSR count). The molecule has 1 radical (unpaired) electrons. The Morgan fingerprint density at radius 3 is 2.04 bits per heavy atom. The fourth-order valence-corrected chi connectivity index (χ4v) is 7.97. The van der Waals surface area contributed by atoms with Gasteiger partial charge < -0.3 is 8.85 Å². The van der Waals surface area contributed by atoms with Crippen molar-refractivity contribution in [1.82, 2.24) is 0 Å². The van der Waals surface area contributed by atoms with E-state index in [1.54, 1.807) is 0 Å². The quantitative estimate of drug-likeness (QED) is 0.301. The van der Waals surface area contributed by atoms with Crippen LogP contribution in [-0.4, -0.2) is 21.8 Å². The van der Waals surface area contributed by atoms with E-state index < -0.39 is 8.56 Å². The van der Waals surface area contributed by atoms with E-state index in [2.05, 4.69) is 33.7 Å². The van der Waals surface area contributed by atoms with E-state index in [4.69, 9.17) is 8.85 Å². The van der Waals surface area contributed by atoms with Crippen LogP contribution in [0.1, 0.15) is 91.9 Å². The lowest BCUT2D eigenvalue weighted by atomic mass is 10.0. The third-order valence-corrected chi connectivity index (χ3v) is 8.96. The van der Waals surface area contributed by atoms with Crippen molar-refractivity contribution in [2.45, 2.75) is 97.9 Å². The molecule has 3 heteroatoms. The van der Waals surface area contributed by atoms with Crippen LogP contribution in [-0.2, 0) is 8.85 Å². The van der Waals surface area contributed by atoms with E-state index in [1.807, 2.05) is 0 Å². The molecule has 1 aliphatic carbocycles. The molecule has 1 saturated carbocycles. The lowest BCUT2D eigenvalue weighted by Crippen LogP contribution is -2.47. The minimum absolute atomic E-state index is 0.728. The normalized spacial score (nSPS) is 18.8. The van der Waals surface area contributed by atoms with Crippen LogP contribution in [0.5, 0.6) is 0 Å². The molecule has 0 heterocycles. The highest BCUT2D eigenvalue weighted by Gasteiger charge is 2.41. The fraction of sp³-hybridized carbons (Fsp3) is 0.950. The van der Waals surface area contributed by atoms with Crippen LogP contribution in [0.15, 0.2) is 0 Å². The number of hydrogen-bond donors (Lipinski definition) is 0. The maximum Gasteiger partial charge on any atom is 0.342 e. The first-order valence-electron chi connectivity index (χ1n) is 10.3. The first kappa shape index (κ1) is 21.2. The van der Waals surface area contributed by atoms with Gasteiger partial charge in [0.15, 0.2) is 0 Å². The number of hydrogen-bond acceptors (Lipinski definition) is 2. The van der Waals surface area contributed by atoms with Gasteiger partial charge >= 0.3 is 8.56 Å². The van der Waals surface area contributed by atoms with Gasteiger partial charge in [-0.2, -0.15) is 0 Å². The van der Waals surface area contributed by atoms with Crippen LogP contribution in [0.4, 0.5) is 0 Å². The predicted octanol–water partition coefficient (Wildman–Crippen LogP) is 6.43. The average molecular weight is 342 g/mol. The Balaban J connectivity index is 2.76. The molecular formula is C20H41O2Si. The molecule has 0 saturated heterocycles. The molecule has 0 N–H and O–H groups in total. The molecule has 0 aromatic carbocycles. The van der Waals surface area contributed by atoms with E-state index in [0.29, 0.717) is 0 Å². The monoisotopic (exact) mass is 341 g/mol. The standard InChI is InChI=1S/C20H41O2Si/c1-5-9-14-19(6-2)17-23(21-7-3,22-8-4)18-20-15-12-10-11-13-16-20/h18-20H,5-17H2,1-4H3. The number of unbranched alkanes of at least 4 members (excludes halogenated alkanes) is 1. The van der Waals surface area contributed by atoms with Gasteiger partial charge in [-0.25, -0.2) is 0 Å². The number of rotatable bonds is 12. The minimum Gasteiger partial charge on any atom is -0.394 e. The molecule has 0 amide bonds. The van der Waals surface area contributed by atoms with Gasteiger partial charge in [0.1, 0.15) is 0 Å². The molecule has 0 bridgehead atoms. The SMILES string of the molecule is CCCCC(CC)C[Si]([CH]C1CCCCCC1)(OCC)OCC. The van der Waals surface area contributed by atoms with Crippen molar-refractivity contribution in [3.63, 3.8) is 0 Å². The summed E-state index contributed by atoms with van der Waals surface area (Å²) in [5.74, 6) is 1.49. The second-order valence-corrected chi connectivity index (χ2v) is 10.2. The third kappa shape index (κ3) is 8.17. The zero-order valence-corrected chi connectivity index (χ0v) is 17.2. The molecule has 2 nitrogen and oxygen atoms in total. The van der Waals surface area contributed by atoms with E-state index in [1.165, 1.54) is 70.3 Å². The van der Waals surface area contributed by atoms with Crippen LogP contribution in [0.3, 0.4) is 0 Å². The molecule has 0 aromatic rings. The molecule has 0 aliphatic heterocycles. The zero-order chi connectivity index (χ0) is 17.0. The van der Waals surface area contributed by atoms with Crippen LogP contribution in [0, 0.1) is 17.9 Å².